The van der Waals surface area contributed by atoms with E-state index >= 15 is 0 Å². The van der Waals surface area contributed by atoms with Gasteiger partial charge < -0.3 is 15.4 Å². The largest absolute Gasteiger partial charge is 0.385 e. The van der Waals surface area contributed by atoms with Crippen molar-refractivity contribution in [3.63, 3.8) is 0 Å². The molecule has 2 amide bonds. The van der Waals surface area contributed by atoms with Crippen LogP contribution in [0.25, 0.3) is 0 Å². The molecule has 2 aromatic rings. The van der Waals surface area contributed by atoms with Gasteiger partial charge >= 0.3 is 0 Å². The van der Waals surface area contributed by atoms with Crippen molar-refractivity contribution in [3.8, 4) is 0 Å². The maximum absolute atomic E-state index is 13.1. The fourth-order valence-electron chi connectivity index (χ4n) is 2.99. The molecule has 0 aliphatic carbocycles. The molecule has 32 heavy (non-hydrogen) atoms. The minimum atomic E-state index is -3.60. The number of anilines is 2. The number of ether oxygens (including phenoxy) is 1. The van der Waals surface area contributed by atoms with Crippen LogP contribution >= 0.6 is 0 Å². The van der Waals surface area contributed by atoms with Gasteiger partial charge in [-0.05, 0) is 49.2 Å². The van der Waals surface area contributed by atoms with Gasteiger partial charge in [0.1, 0.15) is 5.82 Å². The number of sulfonamides is 1. The Balaban J connectivity index is 1.95. The van der Waals surface area contributed by atoms with Crippen LogP contribution in [-0.2, 0) is 19.6 Å². The molecule has 0 aliphatic rings. The summed E-state index contributed by atoms with van der Waals surface area (Å²) >= 11 is 0. The number of methoxy groups -OCH3 is 1. The van der Waals surface area contributed by atoms with E-state index < -0.39 is 15.8 Å². The zero-order chi connectivity index (χ0) is 23.6. The van der Waals surface area contributed by atoms with Gasteiger partial charge in [-0.15, -0.1) is 0 Å². The lowest BCUT2D eigenvalue weighted by Gasteiger charge is -2.22. The number of hydrogen-bond donors (Lipinski definition) is 2. The first kappa shape index (κ1) is 25.3. The summed E-state index contributed by atoms with van der Waals surface area (Å²) in [5, 5.41) is 5.48. The standard InChI is InChI=1S/C22H28FN3O5S/c1-31-16-6-14-24-22(28)19-7-3-4-8-20(19)25-21(27)9-5-15-26(32(2,29)30)18-12-10-17(23)11-13-18/h3-4,7-8,10-13H,5-6,9,14-16H2,1-2H3,(H,24,28)(H,25,27). The number of carbonyl (C=O) groups excluding carboxylic acids is 2. The predicted molar refractivity (Wildman–Crippen MR) is 122 cm³/mol. The molecule has 0 atom stereocenters. The lowest BCUT2D eigenvalue weighted by Crippen LogP contribution is -2.31. The van der Waals surface area contributed by atoms with Gasteiger partial charge in [-0.25, -0.2) is 12.8 Å². The zero-order valence-electron chi connectivity index (χ0n) is 18.1. The van der Waals surface area contributed by atoms with Crippen LogP contribution in [0.5, 0.6) is 0 Å². The predicted octanol–water partition coefficient (Wildman–Crippen LogP) is 2.78. The first-order chi connectivity index (χ1) is 15.2. The molecular weight excluding hydrogens is 437 g/mol. The molecule has 174 valence electrons. The van der Waals surface area contributed by atoms with Crippen LogP contribution in [-0.4, -0.2) is 53.3 Å². The topological polar surface area (TPSA) is 105 Å². The van der Waals surface area contributed by atoms with Crippen LogP contribution in [0.2, 0.25) is 0 Å². The minimum absolute atomic E-state index is 0.0387. The molecule has 0 unspecified atom stereocenters. The molecule has 8 nitrogen and oxygen atoms in total. The molecule has 0 aromatic heterocycles. The molecule has 0 saturated heterocycles. The molecule has 0 saturated carbocycles. The van der Waals surface area contributed by atoms with E-state index in [1.54, 1.807) is 31.4 Å². The maximum atomic E-state index is 13.1. The lowest BCUT2D eigenvalue weighted by molar-refractivity contribution is -0.116. The van der Waals surface area contributed by atoms with Gasteiger partial charge in [-0.2, -0.15) is 0 Å². The quantitative estimate of drug-likeness (QED) is 0.469. The first-order valence-corrected chi connectivity index (χ1v) is 12.0. The van der Waals surface area contributed by atoms with E-state index in [9.17, 15) is 22.4 Å². The number of benzene rings is 2. The van der Waals surface area contributed by atoms with Crippen molar-refractivity contribution in [3.05, 3.63) is 59.9 Å². The fourth-order valence-corrected chi connectivity index (χ4v) is 3.96. The van der Waals surface area contributed by atoms with Gasteiger partial charge in [0.2, 0.25) is 15.9 Å². The molecule has 10 heteroatoms. The van der Waals surface area contributed by atoms with Gasteiger partial charge in [0.25, 0.3) is 5.91 Å². The van der Waals surface area contributed by atoms with E-state index in [1.165, 1.54) is 24.3 Å². The normalized spacial score (nSPS) is 11.1. The Morgan fingerprint density at radius 1 is 1.06 bits per heavy atom. The van der Waals surface area contributed by atoms with Gasteiger partial charge in [0.15, 0.2) is 0 Å². The minimum Gasteiger partial charge on any atom is -0.385 e. The highest BCUT2D eigenvalue weighted by Crippen LogP contribution is 2.19. The van der Waals surface area contributed by atoms with Gasteiger partial charge in [0, 0.05) is 33.2 Å². The smallest absolute Gasteiger partial charge is 0.253 e. The number of nitrogens with one attached hydrogen (secondary N) is 2. The molecule has 2 N–H and O–H groups in total. The zero-order valence-corrected chi connectivity index (χ0v) is 19.0. The number of amides is 2. The second-order valence-corrected chi connectivity index (χ2v) is 9.02. The highest BCUT2D eigenvalue weighted by Gasteiger charge is 2.18. The van der Waals surface area contributed by atoms with Crippen molar-refractivity contribution in [2.75, 3.05) is 42.7 Å². The summed E-state index contributed by atoms with van der Waals surface area (Å²) in [6.07, 6.45) is 2.00. The van der Waals surface area contributed by atoms with Crippen LogP contribution in [0.15, 0.2) is 48.5 Å². The second-order valence-electron chi connectivity index (χ2n) is 7.11. The molecule has 0 fully saturated rings. The third kappa shape index (κ3) is 7.93. The SMILES string of the molecule is COCCCNC(=O)c1ccccc1NC(=O)CCCN(c1ccc(F)cc1)S(C)(=O)=O. The number of halogens is 1. The molecule has 0 bridgehead atoms. The van der Waals surface area contributed by atoms with Crippen molar-refractivity contribution < 1.29 is 27.1 Å². The van der Waals surface area contributed by atoms with Crippen molar-refractivity contribution >= 4 is 33.2 Å². The molecule has 0 heterocycles. The number of carbonyl (C=O) groups is 2. The van der Waals surface area contributed by atoms with E-state index in [1.807, 2.05) is 0 Å². The third-order valence-electron chi connectivity index (χ3n) is 4.54. The summed E-state index contributed by atoms with van der Waals surface area (Å²) in [4.78, 5) is 24.8. The number of hydrogen-bond acceptors (Lipinski definition) is 5. The van der Waals surface area contributed by atoms with E-state index in [-0.39, 0.29) is 31.2 Å². The van der Waals surface area contributed by atoms with Crippen molar-refractivity contribution in [1.82, 2.24) is 5.32 Å². The summed E-state index contributed by atoms with van der Waals surface area (Å²) in [6.45, 7) is 1.03. The Hall–Kier alpha value is -2.98. The molecule has 0 radical (unpaired) electrons. The Kier molecular flexibility index (Phi) is 9.61. The Morgan fingerprint density at radius 2 is 1.75 bits per heavy atom. The van der Waals surface area contributed by atoms with Gasteiger partial charge in [0.05, 0.1) is 23.2 Å². The van der Waals surface area contributed by atoms with E-state index in [0.29, 0.717) is 36.5 Å². The van der Waals surface area contributed by atoms with Crippen LogP contribution < -0.4 is 14.9 Å². The summed E-state index contributed by atoms with van der Waals surface area (Å²) in [6, 6.07) is 11.7. The first-order valence-electron chi connectivity index (χ1n) is 10.1. The van der Waals surface area contributed by atoms with Gasteiger partial charge in [-0.3, -0.25) is 13.9 Å². The number of para-hydroxylation sites is 1. The molecule has 0 aliphatic heterocycles. The Labute approximate surface area is 187 Å². The monoisotopic (exact) mass is 465 g/mol. The third-order valence-corrected chi connectivity index (χ3v) is 5.73. The summed E-state index contributed by atoms with van der Waals surface area (Å²) < 4.78 is 43.4. The highest BCUT2D eigenvalue weighted by atomic mass is 32.2. The van der Waals surface area contributed by atoms with Crippen molar-refractivity contribution in [2.24, 2.45) is 0 Å². The molecule has 2 aromatic carbocycles. The number of nitrogens with zero attached hydrogens (tertiary/aromatic N) is 1. The second kappa shape index (κ2) is 12.2. The fraction of sp³-hybridized carbons (Fsp3) is 0.364. The average Bonchev–Trinajstić information content (AvgIpc) is 2.74. The Bertz CT molecular complexity index is 1010. The number of rotatable bonds is 12. The van der Waals surface area contributed by atoms with Crippen LogP contribution in [0, 0.1) is 5.82 Å². The maximum Gasteiger partial charge on any atom is 0.253 e. The van der Waals surface area contributed by atoms with Crippen LogP contribution in [0.1, 0.15) is 29.6 Å². The Morgan fingerprint density at radius 3 is 2.41 bits per heavy atom. The summed E-state index contributed by atoms with van der Waals surface area (Å²) in [5.41, 5.74) is 1.03. The molecule has 2 rings (SSSR count). The van der Waals surface area contributed by atoms with Crippen LogP contribution in [0.4, 0.5) is 15.8 Å². The van der Waals surface area contributed by atoms with E-state index in [2.05, 4.69) is 10.6 Å². The van der Waals surface area contributed by atoms with E-state index in [0.717, 1.165) is 10.6 Å². The molecular formula is C22H28FN3O5S. The summed E-state index contributed by atoms with van der Waals surface area (Å²) in [7, 11) is -2.02. The average molecular weight is 466 g/mol. The van der Waals surface area contributed by atoms with Crippen LogP contribution in [0.3, 0.4) is 0 Å². The van der Waals surface area contributed by atoms with E-state index in [4.69, 9.17) is 4.74 Å². The highest BCUT2D eigenvalue weighted by molar-refractivity contribution is 7.92. The van der Waals surface area contributed by atoms with Gasteiger partial charge in [-0.1, -0.05) is 12.1 Å². The van der Waals surface area contributed by atoms with Crippen molar-refractivity contribution in [1.29, 1.82) is 0 Å². The summed E-state index contributed by atoms with van der Waals surface area (Å²) in [5.74, 6) is -1.13. The lowest BCUT2D eigenvalue weighted by atomic mass is 10.1. The van der Waals surface area contributed by atoms with Crippen molar-refractivity contribution in [2.45, 2.75) is 19.3 Å². The molecule has 0 spiro atoms.